The maximum Gasteiger partial charge on any atom is 0.387 e. The van der Waals surface area contributed by atoms with Crippen LogP contribution in [0.2, 0.25) is 0 Å². The molecule has 5 nitrogen and oxygen atoms in total. The van der Waals surface area contributed by atoms with Crippen molar-refractivity contribution in [2.45, 2.75) is 26.9 Å². The average Bonchev–Trinajstić information content (AvgIpc) is 2.35. The number of hydrogen-bond acceptors (Lipinski definition) is 3. The van der Waals surface area contributed by atoms with Gasteiger partial charge in [-0.3, -0.25) is 20.4 Å². The van der Waals surface area contributed by atoms with E-state index in [1.165, 1.54) is 24.3 Å². The van der Waals surface area contributed by atoms with Crippen LogP contribution in [0.3, 0.4) is 0 Å². The third kappa shape index (κ3) is 5.64. The molecule has 0 aromatic heterocycles. The summed E-state index contributed by atoms with van der Waals surface area (Å²) in [6.07, 6.45) is 0.293. The Hall–Kier alpha value is -2.18. The summed E-state index contributed by atoms with van der Waals surface area (Å²) in [5.41, 5.74) is 4.73. The molecule has 0 saturated carbocycles. The number of carbonyl (C=O) groups is 2. The zero-order valence-electron chi connectivity index (χ0n) is 11.2. The van der Waals surface area contributed by atoms with E-state index in [1.54, 1.807) is 0 Å². The Morgan fingerprint density at radius 2 is 1.75 bits per heavy atom. The van der Waals surface area contributed by atoms with Gasteiger partial charge in [0.25, 0.3) is 5.91 Å². The van der Waals surface area contributed by atoms with Crippen LogP contribution in [-0.2, 0) is 4.79 Å². The lowest BCUT2D eigenvalue weighted by Crippen LogP contribution is -2.41. The lowest BCUT2D eigenvalue weighted by molar-refractivity contribution is -0.122. The lowest BCUT2D eigenvalue weighted by Gasteiger charge is -2.09. The highest BCUT2D eigenvalue weighted by atomic mass is 19.3. The molecule has 1 aromatic rings. The zero-order chi connectivity index (χ0) is 15.1. The molecule has 1 rings (SSSR count). The second-order valence-electron chi connectivity index (χ2n) is 4.50. The molecule has 0 radical (unpaired) electrons. The van der Waals surface area contributed by atoms with Crippen molar-refractivity contribution >= 4 is 11.8 Å². The van der Waals surface area contributed by atoms with Gasteiger partial charge < -0.3 is 4.74 Å². The molecule has 2 amide bonds. The van der Waals surface area contributed by atoms with Crippen LogP contribution in [0.1, 0.15) is 30.6 Å². The van der Waals surface area contributed by atoms with Crippen LogP contribution in [0.15, 0.2) is 24.3 Å². The fraction of sp³-hybridized carbons (Fsp3) is 0.385. The molecular formula is C13H16F2N2O3. The van der Waals surface area contributed by atoms with E-state index in [0.717, 1.165) is 0 Å². The molecule has 0 heterocycles. The first-order valence-corrected chi connectivity index (χ1v) is 6.02. The van der Waals surface area contributed by atoms with Gasteiger partial charge in [0.15, 0.2) is 0 Å². The van der Waals surface area contributed by atoms with E-state index in [9.17, 15) is 18.4 Å². The minimum atomic E-state index is -2.91. The Labute approximate surface area is 115 Å². The second kappa shape index (κ2) is 7.42. The number of alkyl halides is 2. The lowest BCUT2D eigenvalue weighted by atomic mass is 10.1. The second-order valence-corrected chi connectivity index (χ2v) is 4.50. The average molecular weight is 286 g/mol. The molecule has 0 bridgehead atoms. The normalized spacial score (nSPS) is 10.5. The molecule has 0 spiro atoms. The molecule has 0 saturated heterocycles. The van der Waals surface area contributed by atoms with Crippen LogP contribution < -0.4 is 15.6 Å². The SMILES string of the molecule is CC(C)CC(=O)NNC(=O)c1ccc(OC(F)F)cc1. The first-order chi connectivity index (χ1) is 9.38. The smallest absolute Gasteiger partial charge is 0.387 e. The fourth-order valence-electron chi connectivity index (χ4n) is 1.41. The van der Waals surface area contributed by atoms with Gasteiger partial charge >= 0.3 is 6.61 Å². The molecule has 0 aliphatic heterocycles. The largest absolute Gasteiger partial charge is 0.435 e. The van der Waals surface area contributed by atoms with Crippen LogP contribution in [0.5, 0.6) is 5.75 Å². The van der Waals surface area contributed by atoms with Gasteiger partial charge in [0.1, 0.15) is 5.75 Å². The number of hydrazine groups is 1. The van der Waals surface area contributed by atoms with Crippen molar-refractivity contribution < 1.29 is 23.1 Å². The van der Waals surface area contributed by atoms with Gasteiger partial charge in [0.05, 0.1) is 0 Å². The molecule has 1 aromatic carbocycles. The van der Waals surface area contributed by atoms with Gasteiger partial charge in [-0.05, 0) is 30.2 Å². The van der Waals surface area contributed by atoms with Gasteiger partial charge in [-0.1, -0.05) is 13.8 Å². The van der Waals surface area contributed by atoms with Crippen molar-refractivity contribution in [3.05, 3.63) is 29.8 Å². The van der Waals surface area contributed by atoms with Crippen molar-refractivity contribution in [2.75, 3.05) is 0 Å². The highest BCUT2D eigenvalue weighted by Crippen LogP contribution is 2.14. The van der Waals surface area contributed by atoms with Crippen molar-refractivity contribution in [1.82, 2.24) is 10.9 Å². The van der Waals surface area contributed by atoms with Crippen LogP contribution in [0.4, 0.5) is 8.78 Å². The molecular weight excluding hydrogens is 270 g/mol. The number of carbonyl (C=O) groups excluding carboxylic acids is 2. The Morgan fingerprint density at radius 3 is 2.25 bits per heavy atom. The summed E-state index contributed by atoms with van der Waals surface area (Å²) in [5.74, 6) is -0.699. The number of amides is 2. The van der Waals surface area contributed by atoms with Gasteiger partial charge in [-0.2, -0.15) is 8.78 Å². The summed E-state index contributed by atoms with van der Waals surface area (Å²) >= 11 is 0. The van der Waals surface area contributed by atoms with E-state index in [2.05, 4.69) is 15.6 Å². The maximum atomic E-state index is 11.9. The molecule has 0 unspecified atom stereocenters. The van der Waals surface area contributed by atoms with Gasteiger partial charge in [-0.15, -0.1) is 0 Å². The topological polar surface area (TPSA) is 67.4 Å². The molecule has 110 valence electrons. The van der Waals surface area contributed by atoms with E-state index in [0.29, 0.717) is 6.42 Å². The molecule has 0 aliphatic rings. The summed E-state index contributed by atoms with van der Waals surface area (Å²) in [6.45, 7) is 0.844. The first kappa shape index (κ1) is 15.9. The highest BCUT2D eigenvalue weighted by molar-refractivity contribution is 5.95. The molecule has 0 aliphatic carbocycles. The van der Waals surface area contributed by atoms with Crippen LogP contribution in [0.25, 0.3) is 0 Å². The summed E-state index contributed by atoms with van der Waals surface area (Å²) in [6, 6.07) is 5.14. The third-order valence-corrected chi connectivity index (χ3v) is 2.25. The third-order valence-electron chi connectivity index (χ3n) is 2.25. The number of halogens is 2. The predicted molar refractivity (Wildman–Crippen MR) is 68.1 cm³/mol. The van der Waals surface area contributed by atoms with Gasteiger partial charge in [0.2, 0.25) is 5.91 Å². The minimum Gasteiger partial charge on any atom is -0.435 e. The van der Waals surface area contributed by atoms with E-state index in [4.69, 9.17) is 0 Å². The standard InChI is InChI=1S/C13H16F2N2O3/c1-8(2)7-11(18)16-17-12(19)9-3-5-10(6-4-9)20-13(14)15/h3-6,8,13H,7H2,1-2H3,(H,16,18)(H,17,19). The zero-order valence-corrected chi connectivity index (χ0v) is 11.2. The number of hydrogen-bond donors (Lipinski definition) is 2. The van der Waals surface area contributed by atoms with Crippen molar-refractivity contribution in [1.29, 1.82) is 0 Å². The van der Waals surface area contributed by atoms with E-state index in [-0.39, 0.29) is 23.1 Å². The monoisotopic (exact) mass is 286 g/mol. The van der Waals surface area contributed by atoms with Crippen molar-refractivity contribution in [2.24, 2.45) is 5.92 Å². The quantitative estimate of drug-likeness (QED) is 0.814. The molecule has 2 N–H and O–H groups in total. The van der Waals surface area contributed by atoms with E-state index >= 15 is 0 Å². The Morgan fingerprint density at radius 1 is 1.15 bits per heavy atom. The van der Waals surface area contributed by atoms with Crippen molar-refractivity contribution in [3.8, 4) is 5.75 Å². The maximum absolute atomic E-state index is 11.9. The Balaban J connectivity index is 2.49. The first-order valence-electron chi connectivity index (χ1n) is 6.02. The van der Waals surface area contributed by atoms with Gasteiger partial charge in [-0.25, -0.2) is 0 Å². The van der Waals surface area contributed by atoms with Gasteiger partial charge in [0, 0.05) is 12.0 Å². The molecule has 0 fully saturated rings. The Kier molecular flexibility index (Phi) is 5.89. The number of nitrogens with one attached hydrogen (secondary N) is 2. The predicted octanol–water partition coefficient (Wildman–Crippen LogP) is 2.10. The molecule has 0 atom stereocenters. The summed E-state index contributed by atoms with van der Waals surface area (Å²) in [7, 11) is 0. The van der Waals surface area contributed by atoms with Crippen LogP contribution in [-0.4, -0.2) is 18.4 Å². The number of benzene rings is 1. The van der Waals surface area contributed by atoms with Crippen molar-refractivity contribution in [3.63, 3.8) is 0 Å². The van der Waals surface area contributed by atoms with E-state index in [1.807, 2.05) is 13.8 Å². The fourth-order valence-corrected chi connectivity index (χ4v) is 1.41. The van der Waals surface area contributed by atoms with Crippen LogP contribution >= 0.6 is 0 Å². The summed E-state index contributed by atoms with van der Waals surface area (Å²) in [5, 5.41) is 0. The summed E-state index contributed by atoms with van der Waals surface area (Å²) < 4.78 is 28.0. The van der Waals surface area contributed by atoms with E-state index < -0.39 is 12.5 Å². The molecule has 20 heavy (non-hydrogen) atoms. The number of ether oxygens (including phenoxy) is 1. The number of rotatable bonds is 5. The minimum absolute atomic E-state index is 0.0413. The molecule has 7 heteroatoms. The van der Waals surface area contributed by atoms with Crippen LogP contribution in [0, 0.1) is 5.92 Å². The highest BCUT2D eigenvalue weighted by Gasteiger charge is 2.09. The summed E-state index contributed by atoms with van der Waals surface area (Å²) in [4.78, 5) is 23.0. The Bertz CT molecular complexity index is 461.